The first-order valence-electron chi connectivity index (χ1n) is 6.89. The molecule has 3 N–H and O–H groups in total. The van der Waals surface area contributed by atoms with E-state index in [9.17, 15) is 4.79 Å². The van der Waals surface area contributed by atoms with Crippen molar-refractivity contribution in [3.05, 3.63) is 63.6 Å². The molecule has 0 saturated carbocycles. The van der Waals surface area contributed by atoms with Crippen LogP contribution in [0, 0.1) is 0 Å². The number of nitrogen functional groups attached to an aromatic ring is 1. The van der Waals surface area contributed by atoms with E-state index in [0.717, 1.165) is 10.0 Å². The molecule has 1 amide bonds. The van der Waals surface area contributed by atoms with Gasteiger partial charge < -0.3 is 11.1 Å². The molecule has 2 rings (SSSR count). The number of hydrogen-bond donors (Lipinski definition) is 2. The van der Waals surface area contributed by atoms with E-state index in [1.54, 1.807) is 12.1 Å². The number of nitrogens with two attached hydrogens (primary N) is 1. The fourth-order valence-corrected chi connectivity index (χ4v) is 2.42. The number of rotatable bonds is 4. The van der Waals surface area contributed by atoms with Gasteiger partial charge >= 0.3 is 0 Å². The van der Waals surface area contributed by atoms with Gasteiger partial charge in [-0.3, -0.25) is 4.79 Å². The quantitative estimate of drug-likeness (QED) is 0.819. The highest BCUT2D eigenvalue weighted by Crippen LogP contribution is 2.19. The Bertz CT molecular complexity index is 636. The van der Waals surface area contributed by atoms with Gasteiger partial charge in [0, 0.05) is 16.7 Å². The number of carbonyl (C=O) groups is 1. The minimum atomic E-state index is -0.159. The lowest BCUT2D eigenvalue weighted by atomic mass is 10.0. The lowest BCUT2D eigenvalue weighted by molar-refractivity contribution is 0.0952. The molecule has 0 bridgehead atoms. The Kier molecular flexibility index (Phi) is 5.02. The lowest BCUT2D eigenvalue weighted by Crippen LogP contribution is -2.23. The van der Waals surface area contributed by atoms with Crippen molar-refractivity contribution in [2.45, 2.75) is 26.3 Å². The topological polar surface area (TPSA) is 55.1 Å². The number of carbonyl (C=O) groups excluding carboxylic acids is 1. The van der Waals surface area contributed by atoms with Crippen LogP contribution in [0.3, 0.4) is 0 Å². The highest BCUT2D eigenvalue weighted by molar-refractivity contribution is 9.10. The van der Waals surface area contributed by atoms with Gasteiger partial charge in [0.2, 0.25) is 0 Å². The molecule has 0 unspecified atom stereocenters. The van der Waals surface area contributed by atoms with E-state index in [-0.39, 0.29) is 5.91 Å². The van der Waals surface area contributed by atoms with Crippen molar-refractivity contribution in [1.82, 2.24) is 5.32 Å². The monoisotopic (exact) mass is 346 g/mol. The van der Waals surface area contributed by atoms with Gasteiger partial charge in [0.15, 0.2) is 0 Å². The summed E-state index contributed by atoms with van der Waals surface area (Å²) in [4.78, 5) is 12.1. The van der Waals surface area contributed by atoms with E-state index in [1.165, 1.54) is 5.56 Å². The molecule has 0 saturated heterocycles. The van der Waals surface area contributed by atoms with Gasteiger partial charge in [-0.1, -0.05) is 54.0 Å². The van der Waals surface area contributed by atoms with E-state index < -0.39 is 0 Å². The fourth-order valence-electron chi connectivity index (χ4n) is 2.04. The number of nitrogens with one attached hydrogen (secondary N) is 1. The van der Waals surface area contributed by atoms with E-state index in [2.05, 4.69) is 47.2 Å². The van der Waals surface area contributed by atoms with E-state index in [0.29, 0.717) is 23.7 Å². The van der Waals surface area contributed by atoms with Gasteiger partial charge in [0.05, 0.1) is 5.56 Å². The second-order valence-electron chi connectivity index (χ2n) is 5.31. The summed E-state index contributed by atoms with van der Waals surface area (Å²) in [5.74, 6) is 0.351. The summed E-state index contributed by atoms with van der Waals surface area (Å²) in [6, 6.07) is 13.5. The SMILES string of the molecule is CC(C)c1ccc(CNC(=O)c2ccc(Br)cc2N)cc1. The summed E-state index contributed by atoms with van der Waals surface area (Å²) in [5.41, 5.74) is 9.19. The predicted molar refractivity (Wildman–Crippen MR) is 90.3 cm³/mol. The molecule has 0 spiro atoms. The molecule has 0 fully saturated rings. The van der Waals surface area contributed by atoms with Crippen LogP contribution < -0.4 is 11.1 Å². The third-order valence-electron chi connectivity index (χ3n) is 3.36. The smallest absolute Gasteiger partial charge is 0.253 e. The van der Waals surface area contributed by atoms with Crippen LogP contribution >= 0.6 is 15.9 Å². The Hall–Kier alpha value is -1.81. The molecule has 0 heterocycles. The third kappa shape index (κ3) is 4.08. The number of hydrogen-bond acceptors (Lipinski definition) is 2. The van der Waals surface area contributed by atoms with Gasteiger partial charge in [-0.05, 0) is 35.2 Å². The van der Waals surface area contributed by atoms with Crippen molar-refractivity contribution in [3.63, 3.8) is 0 Å². The molecule has 2 aromatic rings. The third-order valence-corrected chi connectivity index (χ3v) is 3.85. The number of anilines is 1. The predicted octanol–water partition coefficient (Wildman–Crippen LogP) is 4.08. The zero-order valence-electron chi connectivity index (χ0n) is 12.2. The molecule has 0 aliphatic heterocycles. The number of halogens is 1. The maximum Gasteiger partial charge on any atom is 0.253 e. The molecule has 3 nitrogen and oxygen atoms in total. The van der Waals surface area contributed by atoms with Gasteiger partial charge in [0.25, 0.3) is 5.91 Å². The normalized spacial score (nSPS) is 10.7. The van der Waals surface area contributed by atoms with Crippen molar-refractivity contribution >= 4 is 27.5 Å². The maximum atomic E-state index is 12.1. The maximum absolute atomic E-state index is 12.1. The minimum absolute atomic E-state index is 0.159. The second kappa shape index (κ2) is 6.76. The molecule has 0 radical (unpaired) electrons. The summed E-state index contributed by atoms with van der Waals surface area (Å²) in [6.45, 7) is 4.81. The fraction of sp³-hybridized carbons (Fsp3) is 0.235. The zero-order valence-corrected chi connectivity index (χ0v) is 13.8. The van der Waals surface area contributed by atoms with Crippen LogP contribution in [0.25, 0.3) is 0 Å². The molecule has 0 atom stereocenters. The molecular formula is C17H19BrN2O. The first-order chi connectivity index (χ1) is 9.97. The summed E-state index contributed by atoms with van der Waals surface area (Å²) in [7, 11) is 0. The van der Waals surface area contributed by atoms with Crippen LogP contribution in [0.2, 0.25) is 0 Å². The van der Waals surface area contributed by atoms with E-state index in [4.69, 9.17) is 5.73 Å². The Morgan fingerprint density at radius 2 is 1.86 bits per heavy atom. The van der Waals surface area contributed by atoms with Crippen LogP contribution in [-0.4, -0.2) is 5.91 Å². The number of benzene rings is 2. The molecule has 4 heteroatoms. The molecule has 21 heavy (non-hydrogen) atoms. The van der Waals surface area contributed by atoms with Gasteiger partial charge in [0.1, 0.15) is 0 Å². The van der Waals surface area contributed by atoms with Crippen LogP contribution in [0.4, 0.5) is 5.69 Å². The minimum Gasteiger partial charge on any atom is -0.398 e. The molecular weight excluding hydrogens is 328 g/mol. The van der Waals surface area contributed by atoms with Crippen LogP contribution in [-0.2, 0) is 6.54 Å². The molecule has 0 aliphatic carbocycles. The van der Waals surface area contributed by atoms with Gasteiger partial charge in [-0.2, -0.15) is 0 Å². The summed E-state index contributed by atoms with van der Waals surface area (Å²) in [5, 5.41) is 2.89. The van der Waals surface area contributed by atoms with Crippen molar-refractivity contribution in [2.75, 3.05) is 5.73 Å². The summed E-state index contributed by atoms with van der Waals surface area (Å²) in [6.07, 6.45) is 0. The summed E-state index contributed by atoms with van der Waals surface area (Å²) >= 11 is 3.33. The Labute approximate surface area is 133 Å². The van der Waals surface area contributed by atoms with Crippen LogP contribution in [0.15, 0.2) is 46.9 Å². The first-order valence-corrected chi connectivity index (χ1v) is 7.68. The average Bonchev–Trinajstić information content (AvgIpc) is 2.45. The van der Waals surface area contributed by atoms with Crippen molar-refractivity contribution in [2.24, 2.45) is 0 Å². The van der Waals surface area contributed by atoms with Crippen LogP contribution in [0.1, 0.15) is 41.3 Å². The van der Waals surface area contributed by atoms with Crippen molar-refractivity contribution in [1.29, 1.82) is 0 Å². The van der Waals surface area contributed by atoms with Gasteiger partial charge in [-0.25, -0.2) is 0 Å². The van der Waals surface area contributed by atoms with Crippen molar-refractivity contribution in [3.8, 4) is 0 Å². The number of amides is 1. The highest BCUT2D eigenvalue weighted by atomic mass is 79.9. The Morgan fingerprint density at radius 3 is 2.43 bits per heavy atom. The van der Waals surface area contributed by atoms with E-state index in [1.807, 2.05) is 18.2 Å². The first kappa shape index (κ1) is 15.6. The van der Waals surface area contributed by atoms with Gasteiger partial charge in [-0.15, -0.1) is 0 Å². The molecule has 0 aromatic heterocycles. The molecule has 0 aliphatic rings. The second-order valence-corrected chi connectivity index (χ2v) is 6.23. The van der Waals surface area contributed by atoms with E-state index >= 15 is 0 Å². The summed E-state index contributed by atoms with van der Waals surface area (Å²) < 4.78 is 0.862. The van der Waals surface area contributed by atoms with Crippen molar-refractivity contribution < 1.29 is 4.79 Å². The average molecular weight is 347 g/mol. The Balaban J connectivity index is 2.00. The largest absolute Gasteiger partial charge is 0.398 e. The molecule has 2 aromatic carbocycles. The highest BCUT2D eigenvalue weighted by Gasteiger charge is 2.09. The standard InChI is InChI=1S/C17H19BrN2O/c1-11(2)13-5-3-12(4-6-13)10-20-17(21)15-8-7-14(18)9-16(15)19/h3-9,11H,10,19H2,1-2H3,(H,20,21). The molecule has 110 valence electrons. The van der Waals surface area contributed by atoms with Crippen LogP contribution in [0.5, 0.6) is 0 Å². The Morgan fingerprint density at radius 1 is 1.19 bits per heavy atom. The lowest BCUT2D eigenvalue weighted by Gasteiger charge is -2.09. The zero-order chi connectivity index (χ0) is 15.4.